The van der Waals surface area contributed by atoms with Crippen LogP contribution in [0.5, 0.6) is 0 Å². The first-order valence-corrected chi connectivity index (χ1v) is 8.73. The van der Waals surface area contributed by atoms with Gasteiger partial charge < -0.3 is 10.1 Å². The van der Waals surface area contributed by atoms with Crippen molar-refractivity contribution in [2.24, 2.45) is 0 Å². The largest absolute Gasteiger partial charge is 0.465 e. The number of aromatic nitrogens is 1. The molecule has 0 saturated carbocycles. The van der Waals surface area contributed by atoms with E-state index in [1.807, 2.05) is 6.07 Å². The third-order valence-corrected chi connectivity index (χ3v) is 4.66. The highest BCUT2D eigenvalue weighted by Gasteiger charge is 2.16. The summed E-state index contributed by atoms with van der Waals surface area (Å²) in [7, 11) is -2.56. The summed E-state index contributed by atoms with van der Waals surface area (Å²) in [6.07, 6.45) is 1.53. The van der Waals surface area contributed by atoms with Gasteiger partial charge in [0.25, 0.3) is 0 Å². The fourth-order valence-electron chi connectivity index (χ4n) is 1.99. The van der Waals surface area contributed by atoms with E-state index in [1.165, 1.54) is 37.6 Å². The lowest BCUT2D eigenvalue weighted by Crippen LogP contribution is -2.29. The number of methoxy groups -OCH3 is 1. The third-order valence-electron chi connectivity index (χ3n) is 3.20. The van der Waals surface area contributed by atoms with Crippen LogP contribution in [-0.4, -0.2) is 39.6 Å². The van der Waals surface area contributed by atoms with Crippen molar-refractivity contribution in [3.05, 3.63) is 53.7 Å². The van der Waals surface area contributed by atoms with Gasteiger partial charge in [0.05, 0.1) is 23.1 Å². The molecule has 0 aliphatic carbocycles. The molecule has 2 N–H and O–H groups in total. The Morgan fingerprint density at radius 2 is 2.08 bits per heavy atom. The molecule has 2 rings (SSSR count). The van der Waals surface area contributed by atoms with E-state index in [-0.39, 0.29) is 23.5 Å². The van der Waals surface area contributed by atoms with Crippen molar-refractivity contribution in [3.63, 3.8) is 0 Å². The average molecular weight is 360 g/mol. The van der Waals surface area contributed by atoms with Gasteiger partial charge in [0.2, 0.25) is 10.0 Å². The van der Waals surface area contributed by atoms with Gasteiger partial charge in [0.1, 0.15) is 11.9 Å². The minimum Gasteiger partial charge on any atom is -0.465 e. The van der Waals surface area contributed by atoms with Crippen molar-refractivity contribution in [2.75, 3.05) is 25.5 Å². The van der Waals surface area contributed by atoms with Crippen LogP contribution in [0.2, 0.25) is 0 Å². The lowest BCUT2D eigenvalue weighted by molar-refractivity contribution is 0.0600. The van der Waals surface area contributed by atoms with Crippen molar-refractivity contribution < 1.29 is 17.9 Å². The lowest BCUT2D eigenvalue weighted by Gasteiger charge is -2.09. The first-order chi connectivity index (χ1) is 12.0. The highest BCUT2D eigenvalue weighted by molar-refractivity contribution is 7.89. The molecule has 1 heterocycles. The van der Waals surface area contributed by atoms with Crippen molar-refractivity contribution in [1.82, 2.24) is 9.71 Å². The van der Waals surface area contributed by atoms with Crippen molar-refractivity contribution >= 4 is 21.8 Å². The predicted molar refractivity (Wildman–Crippen MR) is 90.4 cm³/mol. The zero-order valence-electron chi connectivity index (χ0n) is 13.4. The number of rotatable bonds is 7. The van der Waals surface area contributed by atoms with Crippen molar-refractivity contribution in [3.8, 4) is 6.07 Å². The highest BCUT2D eigenvalue weighted by Crippen LogP contribution is 2.12. The summed E-state index contributed by atoms with van der Waals surface area (Å²) in [5.74, 6) is -0.227. The number of esters is 1. The molecule has 0 aliphatic rings. The molecular formula is C16H16N4O4S. The fourth-order valence-corrected chi connectivity index (χ4v) is 3.07. The molecule has 0 fully saturated rings. The van der Waals surface area contributed by atoms with E-state index in [1.54, 1.807) is 12.1 Å². The Kier molecular flexibility index (Phi) is 6.05. The third kappa shape index (κ3) is 4.76. The first-order valence-electron chi connectivity index (χ1n) is 7.25. The Morgan fingerprint density at radius 3 is 2.80 bits per heavy atom. The standard InChI is InChI=1S/C16H16N4O4S/c1-24-16(21)12-4-2-6-14(10-12)25(22,23)20-9-8-19-15-13(11-17)5-3-7-18-15/h2-7,10,20H,8-9H2,1H3,(H,18,19). The monoisotopic (exact) mass is 360 g/mol. The number of sulfonamides is 1. The zero-order chi connectivity index (χ0) is 18.3. The summed E-state index contributed by atoms with van der Waals surface area (Å²) in [4.78, 5) is 15.5. The summed E-state index contributed by atoms with van der Waals surface area (Å²) in [6, 6.07) is 10.8. The maximum atomic E-state index is 12.3. The predicted octanol–water partition coefficient (Wildman–Crippen LogP) is 1.13. The number of ether oxygens (including phenoxy) is 1. The number of carbonyl (C=O) groups excluding carboxylic acids is 1. The molecule has 0 aliphatic heterocycles. The van der Waals surface area contributed by atoms with Gasteiger partial charge in [-0.05, 0) is 30.3 Å². The normalized spacial score (nSPS) is 10.7. The Hall–Kier alpha value is -2.96. The van der Waals surface area contributed by atoms with Crippen LogP contribution in [0.1, 0.15) is 15.9 Å². The van der Waals surface area contributed by atoms with E-state index in [0.29, 0.717) is 11.4 Å². The second-order valence-corrected chi connectivity index (χ2v) is 6.62. The molecule has 9 heteroatoms. The number of hydrogen-bond acceptors (Lipinski definition) is 7. The number of hydrogen-bond donors (Lipinski definition) is 2. The molecule has 2 aromatic rings. The number of benzene rings is 1. The quantitative estimate of drug-likeness (QED) is 0.561. The number of carbonyl (C=O) groups is 1. The smallest absolute Gasteiger partial charge is 0.337 e. The lowest BCUT2D eigenvalue weighted by atomic mass is 10.2. The second kappa shape index (κ2) is 8.23. The molecule has 0 radical (unpaired) electrons. The molecule has 0 unspecified atom stereocenters. The maximum Gasteiger partial charge on any atom is 0.337 e. The van der Waals surface area contributed by atoms with Gasteiger partial charge in [0, 0.05) is 19.3 Å². The number of pyridine rings is 1. The molecule has 1 aromatic heterocycles. The van der Waals surface area contributed by atoms with E-state index >= 15 is 0 Å². The van der Waals surface area contributed by atoms with Crippen LogP contribution in [0, 0.1) is 11.3 Å². The molecule has 130 valence electrons. The van der Waals surface area contributed by atoms with Gasteiger partial charge in [-0.3, -0.25) is 0 Å². The van der Waals surface area contributed by atoms with Crippen molar-refractivity contribution in [2.45, 2.75) is 4.90 Å². The van der Waals surface area contributed by atoms with Crippen molar-refractivity contribution in [1.29, 1.82) is 5.26 Å². The van der Waals surface area contributed by atoms with Gasteiger partial charge in [-0.2, -0.15) is 5.26 Å². The molecule has 1 aromatic carbocycles. The minimum absolute atomic E-state index is 0.0362. The van der Waals surface area contributed by atoms with E-state index in [4.69, 9.17) is 5.26 Å². The maximum absolute atomic E-state index is 12.3. The highest BCUT2D eigenvalue weighted by atomic mass is 32.2. The van der Waals surface area contributed by atoms with Gasteiger partial charge in [-0.1, -0.05) is 6.07 Å². The van der Waals surface area contributed by atoms with E-state index < -0.39 is 16.0 Å². The SMILES string of the molecule is COC(=O)c1cccc(S(=O)(=O)NCCNc2ncccc2C#N)c1. The average Bonchev–Trinajstić information content (AvgIpc) is 2.65. The number of nitriles is 1. The Balaban J connectivity index is 1.98. The number of anilines is 1. The first kappa shape index (κ1) is 18.4. The van der Waals surface area contributed by atoms with Crippen LogP contribution in [0.3, 0.4) is 0 Å². The summed E-state index contributed by atoms with van der Waals surface area (Å²) in [5, 5.41) is 11.9. The molecule has 0 atom stereocenters. The Morgan fingerprint density at radius 1 is 1.28 bits per heavy atom. The number of nitrogens with one attached hydrogen (secondary N) is 2. The zero-order valence-corrected chi connectivity index (χ0v) is 14.2. The molecule has 0 bridgehead atoms. The van der Waals surface area contributed by atoms with Gasteiger partial charge in [-0.15, -0.1) is 0 Å². The van der Waals surface area contributed by atoms with E-state index in [2.05, 4.69) is 19.8 Å². The van der Waals surface area contributed by atoms with Gasteiger partial charge in [-0.25, -0.2) is 22.9 Å². The van der Waals surface area contributed by atoms with Gasteiger partial charge >= 0.3 is 5.97 Å². The molecule has 25 heavy (non-hydrogen) atoms. The van der Waals surface area contributed by atoms with Gasteiger partial charge in [0.15, 0.2) is 0 Å². The summed E-state index contributed by atoms with van der Waals surface area (Å²) < 4.78 is 31.5. The molecule has 0 amide bonds. The summed E-state index contributed by atoms with van der Waals surface area (Å²) >= 11 is 0. The Bertz CT molecular complexity index is 906. The van der Waals surface area contributed by atoms with E-state index in [0.717, 1.165) is 0 Å². The summed E-state index contributed by atoms with van der Waals surface area (Å²) in [6.45, 7) is 0.313. The van der Waals surface area contributed by atoms with Crippen LogP contribution >= 0.6 is 0 Å². The molecule has 8 nitrogen and oxygen atoms in total. The topological polar surface area (TPSA) is 121 Å². The van der Waals surface area contributed by atoms with Crippen LogP contribution in [0.4, 0.5) is 5.82 Å². The molecular weight excluding hydrogens is 344 g/mol. The van der Waals surface area contributed by atoms with Crippen LogP contribution in [-0.2, 0) is 14.8 Å². The van der Waals surface area contributed by atoms with E-state index in [9.17, 15) is 13.2 Å². The fraction of sp³-hybridized carbons (Fsp3) is 0.188. The molecule has 0 spiro atoms. The minimum atomic E-state index is -3.78. The summed E-state index contributed by atoms with van der Waals surface area (Å²) in [5.41, 5.74) is 0.520. The number of nitrogens with zero attached hydrogens (tertiary/aromatic N) is 2. The van der Waals surface area contributed by atoms with Crippen LogP contribution < -0.4 is 10.0 Å². The molecule has 0 saturated heterocycles. The van der Waals surface area contributed by atoms with Crippen LogP contribution in [0.25, 0.3) is 0 Å². The Labute approximate surface area is 145 Å². The second-order valence-electron chi connectivity index (χ2n) is 4.86. The van der Waals surface area contributed by atoms with Crippen LogP contribution in [0.15, 0.2) is 47.5 Å².